The Hall–Kier alpha value is -1.28. The molecule has 2 aliphatic rings. The second-order valence-corrected chi connectivity index (χ2v) is 7.76. The van der Waals surface area contributed by atoms with Gasteiger partial charge < -0.3 is 9.80 Å². The molecule has 2 heterocycles. The molecule has 0 aliphatic carbocycles. The van der Waals surface area contributed by atoms with Crippen LogP contribution in [0.25, 0.3) is 0 Å². The Labute approximate surface area is 127 Å². The van der Waals surface area contributed by atoms with E-state index in [1.54, 1.807) is 4.90 Å². The Morgan fingerprint density at radius 1 is 1.29 bits per heavy atom. The predicted octanol–water partition coefficient (Wildman–Crippen LogP) is 1.56. The summed E-state index contributed by atoms with van der Waals surface area (Å²) >= 11 is 5.36. The number of thiocarbonyl (C=S) groups is 1. The summed E-state index contributed by atoms with van der Waals surface area (Å²) in [7, 11) is -3.17. The quantitative estimate of drug-likeness (QED) is 0.769. The van der Waals surface area contributed by atoms with Crippen LogP contribution in [0.1, 0.15) is 6.92 Å². The number of halogens is 2. The van der Waals surface area contributed by atoms with Gasteiger partial charge in [-0.05, 0) is 31.3 Å². The van der Waals surface area contributed by atoms with E-state index in [0.717, 1.165) is 12.1 Å². The highest BCUT2D eigenvalue weighted by molar-refractivity contribution is 7.91. The fourth-order valence-electron chi connectivity index (χ4n) is 3.11. The van der Waals surface area contributed by atoms with Gasteiger partial charge in [-0.2, -0.15) is 0 Å². The molecule has 2 unspecified atom stereocenters. The average molecular weight is 332 g/mol. The van der Waals surface area contributed by atoms with Crippen LogP contribution in [-0.4, -0.2) is 48.6 Å². The van der Waals surface area contributed by atoms with Crippen LogP contribution in [0.5, 0.6) is 0 Å². The lowest BCUT2D eigenvalue weighted by Crippen LogP contribution is -2.38. The van der Waals surface area contributed by atoms with Crippen molar-refractivity contribution in [2.24, 2.45) is 0 Å². The fourth-order valence-corrected chi connectivity index (χ4v) is 5.55. The SMILES string of the molecule is CCN1C(=S)N(c2ccc(F)cc2F)C2CS(=O)(=O)CC21. The van der Waals surface area contributed by atoms with Crippen molar-refractivity contribution in [1.82, 2.24) is 4.90 Å². The second-order valence-electron chi connectivity index (χ2n) is 5.25. The molecule has 114 valence electrons. The summed E-state index contributed by atoms with van der Waals surface area (Å²) < 4.78 is 50.9. The number of hydrogen-bond donors (Lipinski definition) is 0. The molecule has 0 aromatic heterocycles. The molecule has 0 saturated carbocycles. The van der Waals surface area contributed by atoms with Gasteiger partial charge in [0.25, 0.3) is 0 Å². The van der Waals surface area contributed by atoms with Gasteiger partial charge in [0, 0.05) is 12.6 Å². The summed E-state index contributed by atoms with van der Waals surface area (Å²) in [6.07, 6.45) is 0. The molecule has 2 aliphatic heterocycles. The third-order valence-corrected chi connectivity index (χ3v) is 6.12. The first-order valence-electron chi connectivity index (χ1n) is 6.59. The molecule has 2 saturated heterocycles. The third-order valence-electron chi connectivity index (χ3n) is 3.99. The van der Waals surface area contributed by atoms with E-state index in [4.69, 9.17) is 12.2 Å². The molecular formula is C13H14F2N2O2S2. The van der Waals surface area contributed by atoms with Gasteiger partial charge in [-0.15, -0.1) is 0 Å². The molecule has 4 nitrogen and oxygen atoms in total. The molecule has 0 amide bonds. The maximum atomic E-state index is 14.0. The van der Waals surface area contributed by atoms with E-state index in [0.29, 0.717) is 11.7 Å². The number of hydrogen-bond acceptors (Lipinski definition) is 3. The van der Waals surface area contributed by atoms with Crippen LogP contribution in [0.3, 0.4) is 0 Å². The van der Waals surface area contributed by atoms with Crippen LogP contribution in [0.15, 0.2) is 18.2 Å². The van der Waals surface area contributed by atoms with E-state index < -0.39 is 27.5 Å². The summed E-state index contributed by atoms with van der Waals surface area (Å²) in [4.78, 5) is 3.32. The number of sulfone groups is 1. The number of rotatable bonds is 2. The minimum Gasteiger partial charge on any atom is -0.343 e. The lowest BCUT2D eigenvalue weighted by atomic mass is 10.1. The molecule has 1 aromatic carbocycles. The van der Waals surface area contributed by atoms with Gasteiger partial charge in [-0.3, -0.25) is 0 Å². The van der Waals surface area contributed by atoms with Gasteiger partial charge >= 0.3 is 0 Å². The van der Waals surface area contributed by atoms with Crippen molar-refractivity contribution in [3.05, 3.63) is 29.8 Å². The highest BCUT2D eigenvalue weighted by Crippen LogP contribution is 2.36. The molecule has 2 atom stereocenters. The maximum absolute atomic E-state index is 14.0. The Balaban J connectivity index is 2.07. The van der Waals surface area contributed by atoms with Crippen molar-refractivity contribution in [2.75, 3.05) is 23.0 Å². The summed E-state index contributed by atoms with van der Waals surface area (Å²) in [5.41, 5.74) is 0.129. The average Bonchev–Trinajstić information content (AvgIpc) is 2.80. The van der Waals surface area contributed by atoms with Crippen LogP contribution in [0.2, 0.25) is 0 Å². The lowest BCUT2D eigenvalue weighted by molar-refractivity contribution is 0.373. The molecule has 21 heavy (non-hydrogen) atoms. The number of fused-ring (bicyclic) bond motifs is 1. The molecule has 8 heteroatoms. The smallest absolute Gasteiger partial charge is 0.176 e. The van der Waals surface area contributed by atoms with Crippen LogP contribution < -0.4 is 4.90 Å². The van der Waals surface area contributed by atoms with E-state index in [1.165, 1.54) is 11.0 Å². The molecule has 2 fully saturated rings. The van der Waals surface area contributed by atoms with Crippen LogP contribution in [0, 0.1) is 11.6 Å². The Morgan fingerprint density at radius 2 is 1.95 bits per heavy atom. The first-order chi connectivity index (χ1) is 9.84. The monoisotopic (exact) mass is 332 g/mol. The molecular weight excluding hydrogens is 318 g/mol. The first-order valence-corrected chi connectivity index (χ1v) is 8.82. The van der Waals surface area contributed by atoms with Crippen molar-refractivity contribution < 1.29 is 17.2 Å². The van der Waals surface area contributed by atoms with Gasteiger partial charge in [0.05, 0.1) is 29.3 Å². The summed E-state index contributed by atoms with van der Waals surface area (Å²) in [5, 5.41) is 0.396. The zero-order chi connectivity index (χ0) is 15.4. The molecule has 0 spiro atoms. The minimum atomic E-state index is -3.17. The van der Waals surface area contributed by atoms with Gasteiger partial charge in [0.15, 0.2) is 14.9 Å². The standard InChI is InChI=1S/C13H14F2N2O2S2/c1-2-16-11-6-21(18,19)7-12(11)17(13(16)20)10-4-3-8(14)5-9(10)15/h3-5,11-12H,2,6-7H2,1H3. The van der Waals surface area contributed by atoms with E-state index in [9.17, 15) is 17.2 Å². The topological polar surface area (TPSA) is 40.6 Å². The van der Waals surface area contributed by atoms with E-state index in [1.807, 2.05) is 6.92 Å². The Kier molecular flexibility index (Phi) is 3.40. The molecule has 0 bridgehead atoms. The molecule has 1 aromatic rings. The molecule has 0 radical (unpaired) electrons. The number of likely N-dealkylation sites (N-methyl/N-ethyl adjacent to an activating group) is 1. The second kappa shape index (κ2) is 4.88. The predicted molar refractivity (Wildman–Crippen MR) is 80.0 cm³/mol. The van der Waals surface area contributed by atoms with Gasteiger partial charge in [-0.25, -0.2) is 17.2 Å². The lowest BCUT2D eigenvalue weighted by Gasteiger charge is -2.25. The van der Waals surface area contributed by atoms with E-state index >= 15 is 0 Å². The summed E-state index contributed by atoms with van der Waals surface area (Å²) in [6, 6.07) is 2.55. The van der Waals surface area contributed by atoms with Crippen LogP contribution >= 0.6 is 12.2 Å². The summed E-state index contributed by atoms with van der Waals surface area (Å²) in [5.74, 6) is -1.46. The maximum Gasteiger partial charge on any atom is 0.176 e. The zero-order valence-electron chi connectivity index (χ0n) is 11.3. The molecule has 0 N–H and O–H groups in total. The number of nitrogens with zero attached hydrogens (tertiary/aromatic N) is 2. The highest BCUT2D eigenvalue weighted by atomic mass is 32.2. The molecule has 3 rings (SSSR count). The van der Waals surface area contributed by atoms with Crippen molar-refractivity contribution in [3.63, 3.8) is 0 Å². The normalized spacial score (nSPS) is 27.3. The highest BCUT2D eigenvalue weighted by Gasteiger charge is 2.52. The zero-order valence-corrected chi connectivity index (χ0v) is 12.9. The minimum absolute atomic E-state index is 0.0188. The summed E-state index contributed by atoms with van der Waals surface area (Å²) in [6.45, 7) is 2.42. The van der Waals surface area contributed by atoms with Crippen molar-refractivity contribution in [2.45, 2.75) is 19.0 Å². The van der Waals surface area contributed by atoms with Crippen molar-refractivity contribution >= 4 is 32.9 Å². The van der Waals surface area contributed by atoms with Crippen molar-refractivity contribution in [3.8, 4) is 0 Å². The van der Waals surface area contributed by atoms with Crippen LogP contribution in [-0.2, 0) is 9.84 Å². The Morgan fingerprint density at radius 3 is 2.57 bits per heavy atom. The van der Waals surface area contributed by atoms with Crippen molar-refractivity contribution in [1.29, 1.82) is 0 Å². The number of anilines is 1. The Bertz CT molecular complexity index is 708. The fraction of sp³-hybridized carbons (Fsp3) is 0.462. The van der Waals surface area contributed by atoms with Gasteiger partial charge in [0.2, 0.25) is 0 Å². The third kappa shape index (κ3) is 2.30. The van der Waals surface area contributed by atoms with E-state index in [2.05, 4.69) is 0 Å². The van der Waals surface area contributed by atoms with Gasteiger partial charge in [-0.1, -0.05) is 0 Å². The first kappa shape index (κ1) is 14.6. The van der Waals surface area contributed by atoms with Gasteiger partial charge in [0.1, 0.15) is 11.6 Å². The van der Waals surface area contributed by atoms with E-state index in [-0.39, 0.29) is 23.2 Å². The van der Waals surface area contributed by atoms with Crippen LogP contribution in [0.4, 0.5) is 14.5 Å². The largest absolute Gasteiger partial charge is 0.343 e. The number of benzene rings is 1.